The molecule has 0 unspecified atom stereocenters. The Balaban J connectivity index is 2.41. The number of nitrogens with zero attached hydrogens (tertiary/aromatic N) is 1. The summed E-state index contributed by atoms with van der Waals surface area (Å²) >= 11 is 0. The van der Waals surface area contributed by atoms with Crippen LogP contribution < -0.4 is 11.1 Å². The van der Waals surface area contributed by atoms with Gasteiger partial charge in [0.25, 0.3) is 0 Å². The van der Waals surface area contributed by atoms with Crippen molar-refractivity contribution in [2.45, 2.75) is 26.7 Å². The maximum absolute atomic E-state index is 5.63. The Bertz CT molecular complexity index is 345. The second kappa shape index (κ2) is 7.01. The van der Waals surface area contributed by atoms with Crippen LogP contribution in [0.25, 0.3) is 0 Å². The van der Waals surface area contributed by atoms with Crippen LogP contribution in [0.15, 0.2) is 30.0 Å². The molecule has 0 aliphatic carbocycles. The number of pyridine rings is 1. The number of hydrogen-bond donors (Lipinski definition) is 2. The van der Waals surface area contributed by atoms with E-state index in [1.807, 2.05) is 12.1 Å². The summed E-state index contributed by atoms with van der Waals surface area (Å²) in [7, 11) is 0. The topological polar surface area (TPSA) is 50.9 Å². The first-order chi connectivity index (χ1) is 7.72. The van der Waals surface area contributed by atoms with Gasteiger partial charge in [0.2, 0.25) is 0 Å². The maximum Gasteiger partial charge on any atom is 0.123 e. The molecule has 0 aliphatic rings. The fourth-order valence-electron chi connectivity index (χ4n) is 1.60. The number of nitrogens with one attached hydrogen (secondary N) is 1. The van der Waals surface area contributed by atoms with Gasteiger partial charge in [-0.1, -0.05) is 18.6 Å². The number of rotatable bonds is 6. The number of nitrogen functional groups attached to an aromatic ring is 1. The minimum atomic E-state index is 0.595. The van der Waals surface area contributed by atoms with E-state index in [1.54, 1.807) is 6.20 Å². The lowest BCUT2D eigenvalue weighted by molar-refractivity contribution is 0.724. The quantitative estimate of drug-likeness (QED) is 0.569. The molecule has 0 atom stereocenters. The fourth-order valence-corrected chi connectivity index (χ4v) is 1.60. The second-order valence-corrected chi connectivity index (χ2v) is 3.96. The minimum Gasteiger partial charge on any atom is -0.384 e. The van der Waals surface area contributed by atoms with Crippen molar-refractivity contribution in [3.63, 3.8) is 0 Å². The molecule has 1 aromatic heterocycles. The number of hydrogen-bond acceptors (Lipinski definition) is 3. The molecule has 16 heavy (non-hydrogen) atoms. The molecular weight excluding hydrogens is 198 g/mol. The Labute approximate surface area is 97.8 Å². The third-order valence-corrected chi connectivity index (χ3v) is 2.39. The molecule has 3 nitrogen and oxygen atoms in total. The average Bonchev–Trinajstić information content (AvgIpc) is 2.24. The van der Waals surface area contributed by atoms with Crippen molar-refractivity contribution < 1.29 is 0 Å². The lowest BCUT2D eigenvalue weighted by Crippen LogP contribution is -2.13. The Kier molecular flexibility index (Phi) is 5.57. The Morgan fingerprint density at radius 3 is 3.06 bits per heavy atom. The predicted octanol–water partition coefficient (Wildman–Crippen LogP) is 2.15. The lowest BCUT2D eigenvalue weighted by atomic mass is 10.1. The van der Waals surface area contributed by atoms with Gasteiger partial charge in [-0.3, -0.25) is 0 Å². The summed E-state index contributed by atoms with van der Waals surface area (Å²) in [6.07, 6.45) is 6.08. The zero-order chi connectivity index (χ0) is 11.8. The summed E-state index contributed by atoms with van der Waals surface area (Å²) in [5.74, 6) is 0.595. The van der Waals surface area contributed by atoms with Gasteiger partial charge in [0.1, 0.15) is 5.82 Å². The molecule has 0 saturated carbocycles. The van der Waals surface area contributed by atoms with Crippen molar-refractivity contribution in [3.8, 4) is 0 Å². The monoisotopic (exact) mass is 219 g/mol. The molecule has 1 heterocycles. The first kappa shape index (κ1) is 12.7. The van der Waals surface area contributed by atoms with Crippen molar-refractivity contribution in [3.05, 3.63) is 35.5 Å². The van der Waals surface area contributed by atoms with Crippen LogP contribution in [0.3, 0.4) is 0 Å². The Morgan fingerprint density at radius 1 is 1.56 bits per heavy atom. The van der Waals surface area contributed by atoms with E-state index in [2.05, 4.69) is 30.2 Å². The molecular formula is C13H21N3. The SMILES string of the molecule is CCNCCC=C(C)Cc1ccnc(N)c1. The van der Waals surface area contributed by atoms with Crippen LogP contribution in [-0.2, 0) is 6.42 Å². The number of nitrogens with two attached hydrogens (primary N) is 1. The van der Waals surface area contributed by atoms with E-state index in [0.717, 1.165) is 25.9 Å². The van der Waals surface area contributed by atoms with Gasteiger partial charge in [0.05, 0.1) is 0 Å². The van der Waals surface area contributed by atoms with Crippen LogP contribution in [-0.4, -0.2) is 18.1 Å². The number of anilines is 1. The van der Waals surface area contributed by atoms with Crippen molar-refractivity contribution in [2.24, 2.45) is 0 Å². The smallest absolute Gasteiger partial charge is 0.123 e. The molecule has 0 saturated heterocycles. The van der Waals surface area contributed by atoms with Crippen LogP contribution in [0.1, 0.15) is 25.8 Å². The summed E-state index contributed by atoms with van der Waals surface area (Å²) in [5.41, 5.74) is 8.24. The summed E-state index contributed by atoms with van der Waals surface area (Å²) in [5, 5.41) is 3.30. The van der Waals surface area contributed by atoms with Crippen molar-refractivity contribution in [2.75, 3.05) is 18.8 Å². The molecule has 0 spiro atoms. The van der Waals surface area contributed by atoms with Gasteiger partial charge in [-0.25, -0.2) is 4.98 Å². The van der Waals surface area contributed by atoms with Gasteiger partial charge in [-0.05, 0) is 50.6 Å². The third kappa shape index (κ3) is 4.94. The number of aromatic nitrogens is 1. The van der Waals surface area contributed by atoms with Crippen molar-refractivity contribution in [1.82, 2.24) is 10.3 Å². The molecule has 88 valence electrons. The van der Waals surface area contributed by atoms with Crippen molar-refractivity contribution >= 4 is 5.82 Å². The van der Waals surface area contributed by atoms with Crippen LogP contribution in [0.4, 0.5) is 5.82 Å². The predicted molar refractivity (Wildman–Crippen MR) is 69.3 cm³/mol. The van der Waals surface area contributed by atoms with E-state index in [0.29, 0.717) is 5.82 Å². The van der Waals surface area contributed by atoms with E-state index in [9.17, 15) is 0 Å². The van der Waals surface area contributed by atoms with Crippen LogP contribution in [0, 0.1) is 0 Å². The van der Waals surface area contributed by atoms with Crippen LogP contribution >= 0.6 is 0 Å². The molecule has 0 aromatic carbocycles. The first-order valence-electron chi connectivity index (χ1n) is 5.79. The molecule has 0 radical (unpaired) electrons. The minimum absolute atomic E-state index is 0.595. The van der Waals surface area contributed by atoms with E-state index in [-0.39, 0.29) is 0 Å². The van der Waals surface area contributed by atoms with E-state index >= 15 is 0 Å². The molecule has 0 aliphatic heterocycles. The van der Waals surface area contributed by atoms with Crippen molar-refractivity contribution in [1.29, 1.82) is 0 Å². The van der Waals surface area contributed by atoms with Crippen LogP contribution in [0.5, 0.6) is 0 Å². The zero-order valence-corrected chi connectivity index (χ0v) is 10.2. The Hall–Kier alpha value is -1.35. The standard InChI is InChI=1S/C13H21N3/c1-3-15-7-4-5-11(2)9-12-6-8-16-13(14)10-12/h5-6,8,10,15H,3-4,7,9H2,1-2H3,(H2,14,16). The normalized spacial score (nSPS) is 11.8. The average molecular weight is 219 g/mol. The highest BCUT2D eigenvalue weighted by atomic mass is 14.8. The maximum atomic E-state index is 5.63. The molecule has 1 aromatic rings. The Morgan fingerprint density at radius 2 is 2.38 bits per heavy atom. The molecule has 3 heteroatoms. The van der Waals surface area contributed by atoms with Gasteiger partial charge in [-0.2, -0.15) is 0 Å². The van der Waals surface area contributed by atoms with E-state index in [4.69, 9.17) is 5.73 Å². The highest BCUT2D eigenvalue weighted by molar-refractivity contribution is 5.33. The highest BCUT2D eigenvalue weighted by Crippen LogP contribution is 2.09. The van der Waals surface area contributed by atoms with Crippen LogP contribution in [0.2, 0.25) is 0 Å². The van der Waals surface area contributed by atoms with Gasteiger partial charge in [0, 0.05) is 6.20 Å². The fraction of sp³-hybridized carbons (Fsp3) is 0.462. The summed E-state index contributed by atoms with van der Waals surface area (Å²) in [6, 6.07) is 3.94. The highest BCUT2D eigenvalue weighted by Gasteiger charge is 1.95. The molecule has 1 rings (SSSR count). The number of allylic oxidation sites excluding steroid dienone is 1. The largest absolute Gasteiger partial charge is 0.384 e. The summed E-state index contributed by atoms with van der Waals surface area (Å²) in [6.45, 7) is 6.36. The summed E-state index contributed by atoms with van der Waals surface area (Å²) < 4.78 is 0. The van der Waals surface area contributed by atoms with E-state index < -0.39 is 0 Å². The van der Waals surface area contributed by atoms with Gasteiger partial charge in [-0.15, -0.1) is 0 Å². The molecule has 3 N–H and O–H groups in total. The molecule has 0 fully saturated rings. The molecule has 0 bridgehead atoms. The second-order valence-electron chi connectivity index (χ2n) is 3.96. The summed E-state index contributed by atoms with van der Waals surface area (Å²) in [4.78, 5) is 3.98. The molecule has 0 amide bonds. The van der Waals surface area contributed by atoms with Gasteiger partial charge in [0.15, 0.2) is 0 Å². The van der Waals surface area contributed by atoms with Gasteiger partial charge >= 0.3 is 0 Å². The third-order valence-electron chi connectivity index (χ3n) is 2.39. The lowest BCUT2D eigenvalue weighted by Gasteiger charge is -2.03. The van der Waals surface area contributed by atoms with Gasteiger partial charge < -0.3 is 11.1 Å². The zero-order valence-electron chi connectivity index (χ0n) is 10.2. The first-order valence-corrected chi connectivity index (χ1v) is 5.79. The van der Waals surface area contributed by atoms with E-state index in [1.165, 1.54) is 11.1 Å².